The molecule has 2 aromatic heterocycles. The molecule has 2 unspecified atom stereocenters. The number of aliphatic hydroxyl groups is 1. The molecular formula is C28H33FN6O6S. The van der Waals surface area contributed by atoms with Crippen molar-refractivity contribution in [2.24, 2.45) is 5.73 Å². The normalized spacial score (nSPS) is 20.1. The lowest BCUT2D eigenvalue weighted by atomic mass is 10.1. The van der Waals surface area contributed by atoms with Crippen LogP contribution in [0.15, 0.2) is 42.6 Å². The number of carbonyl (C=O) groups excluding carboxylic acids is 3. The molecule has 3 aromatic rings. The first-order valence-corrected chi connectivity index (χ1v) is 15.3. The number of aromatic nitrogens is 2. The highest BCUT2D eigenvalue weighted by atomic mass is 32.2. The Hall–Kier alpha value is -3.88. The van der Waals surface area contributed by atoms with Gasteiger partial charge in [0, 0.05) is 40.5 Å². The fourth-order valence-electron chi connectivity index (χ4n) is 5.19. The summed E-state index contributed by atoms with van der Waals surface area (Å²) in [7, 11) is -3.77. The SMILES string of the molecule is Cc1cccc(NC(=O)[C@@H]2CCC(F)CCN2C(=O)Cn2cc(C(N)O)c3cc(C(=O)NS(=O)(=O)C4CC4)ccc32)n1. The number of nitrogens with zero attached hydrogens (tertiary/aromatic N) is 3. The molecule has 0 radical (unpaired) electrons. The lowest BCUT2D eigenvalue weighted by Gasteiger charge is -2.29. The van der Waals surface area contributed by atoms with Crippen LogP contribution in [0.25, 0.3) is 10.9 Å². The van der Waals surface area contributed by atoms with Gasteiger partial charge < -0.3 is 25.6 Å². The van der Waals surface area contributed by atoms with Gasteiger partial charge in [0.1, 0.15) is 30.8 Å². The Morgan fingerprint density at radius 2 is 1.90 bits per heavy atom. The minimum absolute atomic E-state index is 0.0324. The van der Waals surface area contributed by atoms with Crippen molar-refractivity contribution in [2.75, 3.05) is 11.9 Å². The summed E-state index contributed by atoms with van der Waals surface area (Å²) in [6, 6.07) is 8.58. The quantitative estimate of drug-likeness (QED) is 0.283. The number of aryl methyl sites for hydroxylation is 1. The molecule has 1 aromatic carbocycles. The number of hydrogen-bond donors (Lipinski definition) is 4. The fourth-order valence-corrected chi connectivity index (χ4v) is 6.49. The molecule has 12 nitrogen and oxygen atoms in total. The number of amides is 3. The molecule has 3 atom stereocenters. The molecule has 0 bridgehead atoms. The standard InChI is InChI=1S/C28H33FN6O6S/c1-16-3-2-4-24(31-16)32-28(39)23-10-6-18(29)11-12-35(23)25(36)15-34-14-21(26(30)37)20-13-17(5-9-22(20)34)27(38)33-42(40,41)19-7-8-19/h2-5,9,13-14,18-19,23,26,37H,6-8,10-12,15,30H2,1H3,(H,33,38)(H,31,32,39)/t18?,23-,26?/m0/s1. The molecule has 3 heterocycles. The first kappa shape index (κ1) is 29.6. The number of likely N-dealkylation sites (tertiary alicyclic amines) is 1. The number of aliphatic hydroxyl groups excluding tert-OH is 1. The van der Waals surface area contributed by atoms with Gasteiger partial charge in [0.2, 0.25) is 21.8 Å². The Labute approximate surface area is 242 Å². The number of rotatable bonds is 8. The maximum absolute atomic E-state index is 14.4. The van der Waals surface area contributed by atoms with Crippen LogP contribution in [0, 0.1) is 6.92 Å². The summed E-state index contributed by atoms with van der Waals surface area (Å²) in [6.07, 6.45) is 0.189. The zero-order valence-corrected chi connectivity index (χ0v) is 23.8. The van der Waals surface area contributed by atoms with E-state index in [1.165, 1.54) is 33.9 Å². The van der Waals surface area contributed by atoms with Crippen LogP contribution >= 0.6 is 0 Å². The molecule has 3 amide bonds. The second-order valence-electron chi connectivity index (χ2n) is 10.8. The van der Waals surface area contributed by atoms with Gasteiger partial charge in [-0.3, -0.25) is 14.4 Å². The van der Waals surface area contributed by atoms with E-state index in [4.69, 9.17) is 5.73 Å². The Morgan fingerprint density at radius 3 is 2.60 bits per heavy atom. The third kappa shape index (κ3) is 6.45. The fraction of sp³-hybridized carbons (Fsp3) is 0.429. The second kappa shape index (κ2) is 11.8. The van der Waals surface area contributed by atoms with Crippen LogP contribution in [0.4, 0.5) is 10.2 Å². The number of anilines is 1. The van der Waals surface area contributed by atoms with Crippen LogP contribution in [-0.2, 0) is 26.2 Å². The average molecular weight is 601 g/mol. The summed E-state index contributed by atoms with van der Waals surface area (Å²) < 4.78 is 42.4. The van der Waals surface area contributed by atoms with Crippen molar-refractivity contribution in [3.63, 3.8) is 0 Å². The van der Waals surface area contributed by atoms with E-state index in [1.54, 1.807) is 25.1 Å². The molecule has 0 spiro atoms. The van der Waals surface area contributed by atoms with Gasteiger partial charge in [-0.05, 0) is 69.4 Å². The van der Waals surface area contributed by atoms with E-state index < -0.39 is 51.4 Å². The van der Waals surface area contributed by atoms with E-state index in [9.17, 15) is 32.3 Å². The third-order valence-corrected chi connectivity index (χ3v) is 9.39. The van der Waals surface area contributed by atoms with Gasteiger partial charge in [0.05, 0.1) is 5.25 Å². The Balaban J connectivity index is 1.40. The summed E-state index contributed by atoms with van der Waals surface area (Å²) in [5, 5.41) is 12.7. The minimum Gasteiger partial charge on any atom is -0.374 e. The molecule has 1 aliphatic carbocycles. The van der Waals surface area contributed by atoms with E-state index in [1.807, 2.05) is 0 Å². The van der Waals surface area contributed by atoms with Crippen molar-refractivity contribution in [1.82, 2.24) is 19.2 Å². The lowest BCUT2D eigenvalue weighted by molar-refractivity contribution is -0.139. The highest BCUT2D eigenvalue weighted by Crippen LogP contribution is 2.29. The number of pyridine rings is 1. The maximum atomic E-state index is 14.4. The molecule has 5 N–H and O–H groups in total. The summed E-state index contributed by atoms with van der Waals surface area (Å²) in [5.74, 6) is -1.40. The van der Waals surface area contributed by atoms with Crippen molar-refractivity contribution in [2.45, 2.75) is 69.3 Å². The molecule has 5 rings (SSSR count). The second-order valence-corrected chi connectivity index (χ2v) is 12.7. The molecule has 42 heavy (non-hydrogen) atoms. The van der Waals surface area contributed by atoms with Crippen LogP contribution in [0.1, 0.15) is 59.9 Å². The van der Waals surface area contributed by atoms with Crippen LogP contribution in [-0.4, -0.2) is 69.7 Å². The van der Waals surface area contributed by atoms with Crippen LogP contribution in [0.5, 0.6) is 0 Å². The van der Waals surface area contributed by atoms with Gasteiger partial charge >= 0.3 is 0 Å². The van der Waals surface area contributed by atoms with Crippen LogP contribution in [0.2, 0.25) is 0 Å². The number of benzene rings is 1. The zero-order valence-electron chi connectivity index (χ0n) is 23.0. The van der Waals surface area contributed by atoms with Gasteiger partial charge in [0.15, 0.2) is 0 Å². The van der Waals surface area contributed by atoms with Crippen molar-refractivity contribution >= 4 is 44.5 Å². The summed E-state index contributed by atoms with van der Waals surface area (Å²) in [4.78, 5) is 45.2. The molecule has 1 aliphatic heterocycles. The number of halogens is 1. The Bertz CT molecular complexity index is 1640. The van der Waals surface area contributed by atoms with Crippen LogP contribution < -0.4 is 15.8 Å². The van der Waals surface area contributed by atoms with Crippen molar-refractivity contribution in [3.8, 4) is 0 Å². The van der Waals surface area contributed by atoms with Gasteiger partial charge in [-0.1, -0.05) is 6.07 Å². The summed E-state index contributed by atoms with van der Waals surface area (Å²) in [6.45, 7) is 1.56. The largest absolute Gasteiger partial charge is 0.374 e. The van der Waals surface area contributed by atoms with E-state index in [0.717, 1.165) is 0 Å². The smallest absolute Gasteiger partial charge is 0.264 e. The number of fused-ring (bicyclic) bond motifs is 1. The number of sulfonamides is 1. The molecule has 1 saturated carbocycles. The van der Waals surface area contributed by atoms with E-state index in [2.05, 4.69) is 15.0 Å². The van der Waals surface area contributed by atoms with E-state index in [-0.39, 0.29) is 43.5 Å². The van der Waals surface area contributed by atoms with Crippen molar-refractivity contribution in [3.05, 3.63) is 59.4 Å². The molecule has 2 fully saturated rings. The van der Waals surface area contributed by atoms with E-state index in [0.29, 0.717) is 35.3 Å². The maximum Gasteiger partial charge on any atom is 0.264 e. The molecular weight excluding hydrogens is 567 g/mol. The number of alkyl halides is 1. The Kier molecular flexibility index (Phi) is 8.30. The van der Waals surface area contributed by atoms with Crippen molar-refractivity contribution < 1.29 is 32.3 Å². The van der Waals surface area contributed by atoms with Crippen LogP contribution in [0.3, 0.4) is 0 Å². The van der Waals surface area contributed by atoms with Crippen molar-refractivity contribution in [1.29, 1.82) is 0 Å². The number of carbonyl (C=O) groups is 3. The highest BCUT2D eigenvalue weighted by Gasteiger charge is 2.37. The number of hydrogen-bond acceptors (Lipinski definition) is 8. The molecule has 224 valence electrons. The predicted molar refractivity (Wildman–Crippen MR) is 152 cm³/mol. The topological polar surface area (TPSA) is 177 Å². The first-order valence-electron chi connectivity index (χ1n) is 13.7. The third-order valence-electron chi connectivity index (χ3n) is 7.57. The van der Waals surface area contributed by atoms with Gasteiger partial charge in [0.25, 0.3) is 5.91 Å². The monoisotopic (exact) mass is 600 g/mol. The number of nitrogens with one attached hydrogen (secondary N) is 2. The van der Waals surface area contributed by atoms with Gasteiger partial charge in [-0.25, -0.2) is 22.5 Å². The average Bonchev–Trinajstić information content (AvgIpc) is 3.75. The summed E-state index contributed by atoms with van der Waals surface area (Å²) >= 11 is 0. The van der Waals surface area contributed by atoms with Gasteiger partial charge in [-0.2, -0.15) is 0 Å². The first-order chi connectivity index (χ1) is 19.9. The van der Waals surface area contributed by atoms with E-state index >= 15 is 0 Å². The highest BCUT2D eigenvalue weighted by molar-refractivity contribution is 7.91. The summed E-state index contributed by atoms with van der Waals surface area (Å²) in [5.41, 5.74) is 7.19. The molecule has 2 aliphatic rings. The number of nitrogens with two attached hydrogens (primary N) is 1. The zero-order chi connectivity index (χ0) is 30.2. The van der Waals surface area contributed by atoms with Gasteiger partial charge in [-0.15, -0.1) is 0 Å². The molecule has 14 heteroatoms. The lowest BCUT2D eigenvalue weighted by Crippen LogP contribution is -2.48. The predicted octanol–water partition coefficient (Wildman–Crippen LogP) is 1.87. The Morgan fingerprint density at radius 1 is 1.14 bits per heavy atom. The minimum atomic E-state index is -3.77. The molecule has 1 saturated heterocycles.